The van der Waals surface area contributed by atoms with Gasteiger partial charge in [0.1, 0.15) is 0 Å². The minimum atomic E-state index is -2.75. The number of hydrogen-bond donors (Lipinski definition) is 3. The van der Waals surface area contributed by atoms with Crippen molar-refractivity contribution >= 4 is 11.9 Å². The number of carbonyl (C=O) groups is 2. The lowest BCUT2D eigenvalue weighted by Crippen LogP contribution is -2.13. The lowest BCUT2D eigenvalue weighted by Gasteiger charge is -2.13. The van der Waals surface area contributed by atoms with Gasteiger partial charge in [-0.15, -0.1) is 0 Å². The van der Waals surface area contributed by atoms with Gasteiger partial charge in [0.25, 0.3) is 6.43 Å². The molecule has 0 aromatic heterocycles. The van der Waals surface area contributed by atoms with Crippen molar-refractivity contribution in [3.63, 3.8) is 0 Å². The molecule has 0 heterocycles. The molecule has 1 rings (SSSR count). The van der Waals surface area contributed by atoms with E-state index in [1.54, 1.807) is 0 Å². The number of aliphatic hydroxyl groups excluding tert-OH is 1. The van der Waals surface area contributed by atoms with Crippen LogP contribution in [0.1, 0.15) is 35.6 Å². The number of aryl methyl sites for hydroxylation is 1. The van der Waals surface area contributed by atoms with Crippen molar-refractivity contribution in [2.24, 2.45) is 0 Å². The van der Waals surface area contributed by atoms with Gasteiger partial charge in [-0.25, -0.2) is 13.6 Å². The average molecular weight is 274 g/mol. The molecule has 0 aliphatic carbocycles. The molecule has 1 atom stereocenters. The molecule has 5 nitrogen and oxygen atoms in total. The molecule has 1 unspecified atom stereocenters. The van der Waals surface area contributed by atoms with E-state index in [2.05, 4.69) is 0 Å². The number of aliphatic carboxylic acids is 2. The lowest BCUT2D eigenvalue weighted by molar-refractivity contribution is -0.147. The highest BCUT2D eigenvalue weighted by Gasteiger charge is 2.21. The fraction of sp³-hybridized carbons (Fsp3) is 0.333. The van der Waals surface area contributed by atoms with Gasteiger partial charge in [-0.05, 0) is 23.6 Å². The molecular weight excluding hydrogens is 262 g/mol. The molecule has 0 saturated heterocycles. The van der Waals surface area contributed by atoms with Gasteiger partial charge in [0.15, 0.2) is 6.10 Å². The summed E-state index contributed by atoms with van der Waals surface area (Å²) in [5.74, 6) is -2.67. The van der Waals surface area contributed by atoms with Gasteiger partial charge >= 0.3 is 11.9 Å². The molecule has 0 bridgehead atoms. The summed E-state index contributed by atoms with van der Waals surface area (Å²) in [6, 6.07) is 3.11. The largest absolute Gasteiger partial charge is 0.481 e. The van der Waals surface area contributed by atoms with Crippen molar-refractivity contribution in [2.75, 3.05) is 0 Å². The van der Waals surface area contributed by atoms with Gasteiger partial charge in [-0.2, -0.15) is 0 Å². The van der Waals surface area contributed by atoms with Crippen LogP contribution in [0.3, 0.4) is 0 Å². The van der Waals surface area contributed by atoms with Crippen molar-refractivity contribution in [1.82, 2.24) is 0 Å². The first-order chi connectivity index (χ1) is 8.82. The zero-order chi connectivity index (χ0) is 14.6. The van der Waals surface area contributed by atoms with Crippen LogP contribution in [-0.4, -0.2) is 27.3 Å². The number of hydrogen-bond acceptors (Lipinski definition) is 3. The average Bonchev–Trinajstić information content (AvgIpc) is 2.34. The predicted molar refractivity (Wildman–Crippen MR) is 60.0 cm³/mol. The number of aliphatic hydroxyl groups is 1. The third kappa shape index (κ3) is 3.99. The van der Waals surface area contributed by atoms with Crippen molar-refractivity contribution < 1.29 is 33.7 Å². The number of carboxylic acids is 2. The Morgan fingerprint density at radius 2 is 1.84 bits per heavy atom. The summed E-state index contributed by atoms with van der Waals surface area (Å²) in [4.78, 5) is 21.2. The first-order valence-electron chi connectivity index (χ1n) is 5.36. The van der Waals surface area contributed by atoms with Crippen LogP contribution in [0.25, 0.3) is 0 Å². The van der Waals surface area contributed by atoms with E-state index in [4.69, 9.17) is 10.2 Å². The van der Waals surface area contributed by atoms with Gasteiger partial charge < -0.3 is 15.3 Å². The topological polar surface area (TPSA) is 94.8 Å². The summed E-state index contributed by atoms with van der Waals surface area (Å²) in [5, 5.41) is 26.7. The van der Waals surface area contributed by atoms with Crippen LogP contribution in [0, 0.1) is 0 Å². The highest BCUT2D eigenvalue weighted by atomic mass is 19.3. The van der Waals surface area contributed by atoms with Crippen LogP contribution in [0.15, 0.2) is 18.2 Å². The zero-order valence-electron chi connectivity index (χ0n) is 9.72. The lowest BCUT2D eigenvalue weighted by atomic mass is 9.96. The smallest absolute Gasteiger partial charge is 0.337 e. The zero-order valence-corrected chi connectivity index (χ0v) is 9.72. The monoisotopic (exact) mass is 274 g/mol. The Labute approximate surface area is 107 Å². The first kappa shape index (κ1) is 15.0. The minimum Gasteiger partial charge on any atom is -0.481 e. The molecule has 0 fully saturated rings. The Morgan fingerprint density at radius 1 is 1.21 bits per heavy atom. The molecule has 104 valence electrons. The van der Waals surface area contributed by atoms with E-state index in [9.17, 15) is 23.5 Å². The maximum atomic E-state index is 12.5. The molecule has 0 radical (unpaired) electrons. The van der Waals surface area contributed by atoms with E-state index in [1.807, 2.05) is 0 Å². The van der Waals surface area contributed by atoms with Crippen molar-refractivity contribution in [2.45, 2.75) is 25.4 Å². The second kappa shape index (κ2) is 6.24. The fourth-order valence-corrected chi connectivity index (χ4v) is 1.62. The third-order valence-corrected chi connectivity index (χ3v) is 2.56. The van der Waals surface area contributed by atoms with Gasteiger partial charge in [0.2, 0.25) is 0 Å². The molecule has 0 spiro atoms. The van der Waals surface area contributed by atoms with Crippen LogP contribution in [-0.2, 0) is 16.0 Å². The van der Waals surface area contributed by atoms with E-state index >= 15 is 0 Å². The normalized spacial score (nSPS) is 12.4. The van der Waals surface area contributed by atoms with Crippen LogP contribution in [0.4, 0.5) is 8.78 Å². The second-order valence-electron chi connectivity index (χ2n) is 3.89. The number of alkyl halides is 2. The number of halogens is 2. The summed E-state index contributed by atoms with van der Waals surface area (Å²) in [5.41, 5.74) is -0.324. The Kier molecular flexibility index (Phi) is 4.94. The van der Waals surface area contributed by atoms with Crippen molar-refractivity contribution in [3.8, 4) is 0 Å². The molecule has 0 amide bonds. The summed E-state index contributed by atoms with van der Waals surface area (Å²) in [6.07, 6.45) is -5.09. The number of benzene rings is 1. The van der Waals surface area contributed by atoms with E-state index in [0.717, 1.165) is 18.2 Å². The number of carboxylic acid groups (broad SMARTS) is 2. The fourth-order valence-electron chi connectivity index (χ4n) is 1.62. The molecule has 0 aliphatic heterocycles. The summed E-state index contributed by atoms with van der Waals surface area (Å²) in [7, 11) is 0. The summed E-state index contributed by atoms with van der Waals surface area (Å²) in [6.45, 7) is 0. The van der Waals surface area contributed by atoms with Crippen LogP contribution < -0.4 is 0 Å². The Hall–Kier alpha value is -2.02. The molecule has 0 aliphatic rings. The Morgan fingerprint density at radius 3 is 2.32 bits per heavy atom. The standard InChI is InChI=1S/C12H12F2O5/c13-11(14)7-1-3-8(10(17)12(18)19)6(5-7)2-4-9(15)16/h1,3,5,10-11,17H,2,4H2,(H,15,16)(H,18,19). The van der Waals surface area contributed by atoms with E-state index < -0.39 is 24.5 Å². The van der Waals surface area contributed by atoms with Gasteiger partial charge in [0.05, 0.1) is 0 Å². The third-order valence-electron chi connectivity index (χ3n) is 2.56. The summed E-state index contributed by atoms with van der Waals surface area (Å²) >= 11 is 0. The SMILES string of the molecule is O=C(O)CCc1cc(C(F)F)ccc1C(O)C(=O)O. The quantitative estimate of drug-likeness (QED) is 0.734. The van der Waals surface area contributed by atoms with Crippen LogP contribution in [0.2, 0.25) is 0 Å². The molecule has 3 N–H and O–H groups in total. The van der Waals surface area contributed by atoms with Gasteiger partial charge in [-0.3, -0.25) is 4.79 Å². The van der Waals surface area contributed by atoms with Crippen LogP contribution >= 0.6 is 0 Å². The Bertz CT molecular complexity index is 487. The van der Waals surface area contributed by atoms with E-state index in [0.29, 0.717) is 0 Å². The first-order valence-corrected chi connectivity index (χ1v) is 5.36. The maximum absolute atomic E-state index is 12.5. The second-order valence-corrected chi connectivity index (χ2v) is 3.89. The Balaban J connectivity index is 3.14. The minimum absolute atomic E-state index is 0.0712. The molecule has 1 aromatic carbocycles. The molecule has 7 heteroatoms. The predicted octanol–water partition coefficient (Wildman–Crippen LogP) is 1.76. The van der Waals surface area contributed by atoms with E-state index in [1.165, 1.54) is 0 Å². The molecular formula is C12H12F2O5. The molecule has 1 aromatic rings. The molecule has 0 saturated carbocycles. The van der Waals surface area contributed by atoms with Crippen molar-refractivity contribution in [3.05, 3.63) is 34.9 Å². The maximum Gasteiger partial charge on any atom is 0.337 e. The van der Waals surface area contributed by atoms with Crippen LogP contribution in [0.5, 0.6) is 0 Å². The van der Waals surface area contributed by atoms with Crippen molar-refractivity contribution in [1.29, 1.82) is 0 Å². The highest BCUT2D eigenvalue weighted by molar-refractivity contribution is 5.75. The highest BCUT2D eigenvalue weighted by Crippen LogP contribution is 2.26. The number of rotatable bonds is 6. The summed E-state index contributed by atoms with van der Waals surface area (Å²) < 4.78 is 25.1. The molecule has 19 heavy (non-hydrogen) atoms. The van der Waals surface area contributed by atoms with Gasteiger partial charge in [0, 0.05) is 12.0 Å². The van der Waals surface area contributed by atoms with Gasteiger partial charge in [-0.1, -0.05) is 12.1 Å². The van der Waals surface area contributed by atoms with E-state index in [-0.39, 0.29) is 29.5 Å².